The lowest BCUT2D eigenvalue weighted by atomic mass is 9.84. The van der Waals surface area contributed by atoms with E-state index >= 15 is 0 Å². The summed E-state index contributed by atoms with van der Waals surface area (Å²) in [7, 11) is 0. The molecule has 114 valence electrons. The molecule has 0 bridgehead atoms. The third kappa shape index (κ3) is 3.91. The smallest absolute Gasteiger partial charge is 0.309 e. The zero-order chi connectivity index (χ0) is 15.3. The number of nitrogens with one attached hydrogen (secondary N) is 1. The van der Waals surface area contributed by atoms with Gasteiger partial charge in [-0.05, 0) is 25.6 Å². The first-order valence-electron chi connectivity index (χ1n) is 7.52. The van der Waals surface area contributed by atoms with Crippen LogP contribution < -0.4 is 5.32 Å². The first-order chi connectivity index (χ1) is 10.0. The summed E-state index contributed by atoms with van der Waals surface area (Å²) in [5.41, 5.74) is 0.476. The third-order valence-corrected chi connectivity index (χ3v) is 4.00. The van der Waals surface area contributed by atoms with E-state index in [1.54, 1.807) is 6.92 Å². The number of ketones is 1. The van der Waals surface area contributed by atoms with Gasteiger partial charge in [0.25, 0.3) is 0 Å². The normalized spacial score (nSPS) is 18.8. The average molecular weight is 289 g/mol. The fourth-order valence-corrected chi connectivity index (χ4v) is 2.83. The molecule has 1 aromatic rings. The molecule has 1 saturated heterocycles. The van der Waals surface area contributed by atoms with E-state index in [-0.39, 0.29) is 18.2 Å². The van der Waals surface area contributed by atoms with E-state index in [2.05, 4.69) is 5.32 Å². The molecule has 0 amide bonds. The second kappa shape index (κ2) is 6.85. The number of benzene rings is 1. The number of piperidine rings is 1. The lowest BCUT2D eigenvalue weighted by Crippen LogP contribution is -2.44. The number of carbonyl (C=O) groups is 2. The molecule has 4 heteroatoms. The minimum atomic E-state index is -0.561. The molecule has 21 heavy (non-hydrogen) atoms. The maximum atomic E-state index is 12.3. The van der Waals surface area contributed by atoms with Gasteiger partial charge in [-0.15, -0.1) is 0 Å². The highest BCUT2D eigenvalue weighted by molar-refractivity contribution is 5.82. The Kier molecular flexibility index (Phi) is 5.12. The summed E-state index contributed by atoms with van der Waals surface area (Å²) in [5.74, 6) is -0.660. The Hall–Kier alpha value is -1.68. The summed E-state index contributed by atoms with van der Waals surface area (Å²) in [6.45, 7) is 4.90. The van der Waals surface area contributed by atoms with Gasteiger partial charge in [0.05, 0.1) is 5.92 Å². The highest BCUT2D eigenvalue weighted by atomic mass is 16.6. The number of carbonyl (C=O) groups excluding carboxylic acids is 2. The fourth-order valence-electron chi connectivity index (χ4n) is 2.83. The van der Waals surface area contributed by atoms with E-state index in [1.165, 1.54) is 6.92 Å². The van der Waals surface area contributed by atoms with E-state index in [0.29, 0.717) is 0 Å². The predicted octanol–water partition coefficient (Wildman–Crippen LogP) is 2.42. The van der Waals surface area contributed by atoms with Crippen molar-refractivity contribution in [3.63, 3.8) is 0 Å². The van der Waals surface area contributed by atoms with Crippen LogP contribution in [0.1, 0.15) is 38.7 Å². The van der Waals surface area contributed by atoms with Crippen LogP contribution in [0.25, 0.3) is 0 Å². The molecule has 0 aliphatic carbocycles. The van der Waals surface area contributed by atoms with Crippen LogP contribution in [-0.2, 0) is 19.9 Å². The van der Waals surface area contributed by atoms with E-state index in [4.69, 9.17) is 4.74 Å². The quantitative estimate of drug-likeness (QED) is 0.846. The average Bonchev–Trinajstić information content (AvgIpc) is 2.48. The van der Waals surface area contributed by atoms with Crippen molar-refractivity contribution in [2.75, 3.05) is 13.1 Å². The topological polar surface area (TPSA) is 55.4 Å². The number of Topliss-reactive ketones (excluding diaryl/α,β-unsaturated/α-hetero) is 1. The lowest BCUT2D eigenvalue weighted by Gasteiger charge is -2.38. The molecule has 1 aliphatic heterocycles. The molecule has 0 aromatic heterocycles. The highest BCUT2D eigenvalue weighted by Crippen LogP contribution is 2.35. The van der Waals surface area contributed by atoms with Crippen molar-refractivity contribution >= 4 is 11.8 Å². The van der Waals surface area contributed by atoms with Gasteiger partial charge in [0.2, 0.25) is 0 Å². The van der Waals surface area contributed by atoms with Crippen molar-refractivity contribution in [2.24, 2.45) is 5.92 Å². The van der Waals surface area contributed by atoms with Crippen molar-refractivity contribution in [1.82, 2.24) is 5.32 Å². The van der Waals surface area contributed by atoms with Crippen molar-refractivity contribution in [2.45, 2.75) is 38.7 Å². The van der Waals surface area contributed by atoms with Gasteiger partial charge in [-0.25, -0.2) is 0 Å². The molecule has 0 saturated carbocycles. The van der Waals surface area contributed by atoms with Crippen LogP contribution in [-0.4, -0.2) is 24.8 Å². The summed E-state index contributed by atoms with van der Waals surface area (Å²) in [6, 6.07) is 9.90. The minimum absolute atomic E-state index is 0.0125. The van der Waals surface area contributed by atoms with Gasteiger partial charge in [-0.1, -0.05) is 37.3 Å². The van der Waals surface area contributed by atoms with E-state index in [1.807, 2.05) is 30.3 Å². The Morgan fingerprint density at radius 2 is 1.86 bits per heavy atom. The summed E-state index contributed by atoms with van der Waals surface area (Å²) in [6.07, 6.45) is 1.76. The molecule has 0 spiro atoms. The van der Waals surface area contributed by atoms with Crippen molar-refractivity contribution in [3.8, 4) is 0 Å². The second-order valence-electron chi connectivity index (χ2n) is 5.84. The van der Waals surface area contributed by atoms with Crippen LogP contribution in [0, 0.1) is 5.92 Å². The standard InChI is InChI=1S/C17H23NO3/c1-13(12-14(2)19)16(20)21-17(8-10-18-11-9-17)15-6-4-3-5-7-15/h3-7,13,18H,8-12H2,1-2H3. The van der Waals surface area contributed by atoms with Crippen molar-refractivity contribution in [1.29, 1.82) is 0 Å². The Bertz CT molecular complexity index is 492. The molecule has 1 fully saturated rings. The van der Waals surface area contributed by atoms with E-state index < -0.39 is 11.5 Å². The van der Waals surface area contributed by atoms with Gasteiger partial charge in [0.15, 0.2) is 0 Å². The first-order valence-corrected chi connectivity index (χ1v) is 7.52. The maximum absolute atomic E-state index is 12.3. The Morgan fingerprint density at radius 1 is 1.24 bits per heavy atom. The summed E-state index contributed by atoms with van der Waals surface area (Å²) in [5, 5.41) is 3.30. The third-order valence-electron chi connectivity index (χ3n) is 4.00. The van der Waals surface area contributed by atoms with Crippen LogP contribution in [0.2, 0.25) is 0 Å². The van der Waals surface area contributed by atoms with Crippen LogP contribution in [0.5, 0.6) is 0 Å². The van der Waals surface area contributed by atoms with E-state index in [0.717, 1.165) is 31.5 Å². The molecular weight excluding hydrogens is 266 g/mol. The van der Waals surface area contributed by atoms with Gasteiger partial charge in [-0.2, -0.15) is 0 Å². The lowest BCUT2D eigenvalue weighted by molar-refractivity contribution is -0.169. The van der Waals surface area contributed by atoms with Gasteiger partial charge in [-0.3, -0.25) is 4.79 Å². The fraction of sp³-hybridized carbons (Fsp3) is 0.529. The van der Waals surface area contributed by atoms with E-state index in [9.17, 15) is 9.59 Å². The van der Waals surface area contributed by atoms with Crippen LogP contribution in [0.15, 0.2) is 30.3 Å². The van der Waals surface area contributed by atoms with Crippen molar-refractivity contribution < 1.29 is 14.3 Å². The van der Waals surface area contributed by atoms with Gasteiger partial charge >= 0.3 is 5.97 Å². The monoisotopic (exact) mass is 289 g/mol. The molecule has 1 heterocycles. The number of hydrogen-bond donors (Lipinski definition) is 1. The molecule has 1 aliphatic rings. The molecule has 2 rings (SSSR count). The van der Waals surface area contributed by atoms with Crippen molar-refractivity contribution in [3.05, 3.63) is 35.9 Å². The molecule has 4 nitrogen and oxygen atoms in total. The first kappa shape index (κ1) is 15.7. The zero-order valence-electron chi connectivity index (χ0n) is 12.7. The van der Waals surface area contributed by atoms with Gasteiger partial charge in [0.1, 0.15) is 11.4 Å². The number of hydrogen-bond acceptors (Lipinski definition) is 4. The van der Waals surface area contributed by atoms with Crippen LogP contribution in [0.4, 0.5) is 0 Å². The summed E-state index contributed by atoms with van der Waals surface area (Å²) >= 11 is 0. The molecular formula is C17H23NO3. The zero-order valence-corrected chi connectivity index (χ0v) is 12.7. The Balaban J connectivity index is 2.17. The molecule has 1 unspecified atom stereocenters. The largest absolute Gasteiger partial charge is 0.454 e. The summed E-state index contributed by atoms with van der Waals surface area (Å²) in [4.78, 5) is 23.5. The van der Waals surface area contributed by atoms with Gasteiger partial charge in [0, 0.05) is 19.3 Å². The Morgan fingerprint density at radius 3 is 2.43 bits per heavy atom. The number of ether oxygens (including phenoxy) is 1. The second-order valence-corrected chi connectivity index (χ2v) is 5.84. The molecule has 0 radical (unpaired) electrons. The molecule has 1 N–H and O–H groups in total. The highest BCUT2D eigenvalue weighted by Gasteiger charge is 2.38. The maximum Gasteiger partial charge on any atom is 0.309 e. The number of rotatable bonds is 5. The summed E-state index contributed by atoms with van der Waals surface area (Å²) < 4.78 is 5.90. The number of esters is 1. The van der Waals surface area contributed by atoms with Gasteiger partial charge < -0.3 is 14.8 Å². The van der Waals surface area contributed by atoms with Crippen LogP contribution >= 0.6 is 0 Å². The molecule has 1 aromatic carbocycles. The van der Waals surface area contributed by atoms with Crippen LogP contribution in [0.3, 0.4) is 0 Å². The SMILES string of the molecule is CC(=O)CC(C)C(=O)OC1(c2ccccc2)CCNCC1. The predicted molar refractivity (Wildman–Crippen MR) is 80.8 cm³/mol. The minimum Gasteiger partial charge on any atom is -0.454 e. The Labute approximate surface area is 125 Å². The molecule has 1 atom stereocenters.